The highest BCUT2D eigenvalue weighted by Gasteiger charge is 2.47. The molecule has 140 valence electrons. The first-order valence-electron chi connectivity index (χ1n) is 9.16. The summed E-state index contributed by atoms with van der Waals surface area (Å²) in [4.78, 5) is 42.0. The van der Waals surface area contributed by atoms with Crippen molar-refractivity contribution in [2.45, 2.75) is 19.4 Å². The number of nitrogens with zero attached hydrogens (tertiary/aromatic N) is 2. The zero-order chi connectivity index (χ0) is 19.0. The molecule has 0 aliphatic carbocycles. The maximum absolute atomic E-state index is 13.0. The lowest BCUT2D eigenvalue weighted by atomic mass is 10.1. The number of carbonyl (C=O) groups is 3. The largest absolute Gasteiger partial charge is 0.459 e. The minimum Gasteiger partial charge on any atom is -0.459 e. The van der Waals surface area contributed by atoms with Crippen molar-refractivity contribution >= 4 is 23.4 Å². The van der Waals surface area contributed by atoms with Gasteiger partial charge in [-0.05, 0) is 30.7 Å². The van der Waals surface area contributed by atoms with E-state index < -0.39 is 0 Å². The van der Waals surface area contributed by atoms with Gasteiger partial charge in [-0.15, -0.1) is 0 Å². The van der Waals surface area contributed by atoms with E-state index in [1.165, 1.54) is 11.2 Å². The number of anilines is 1. The van der Waals surface area contributed by atoms with Crippen molar-refractivity contribution in [3.8, 4) is 0 Å². The molecule has 0 unspecified atom stereocenters. The second-order valence-electron chi connectivity index (χ2n) is 7.04. The van der Waals surface area contributed by atoms with Crippen molar-refractivity contribution in [3.05, 3.63) is 54.0 Å². The Kier molecular flexibility index (Phi) is 4.53. The topological polar surface area (TPSA) is 75.3 Å². The number of quaternary nitrogens is 1. The van der Waals surface area contributed by atoms with Gasteiger partial charge in [0.05, 0.1) is 44.6 Å². The first-order valence-corrected chi connectivity index (χ1v) is 9.16. The van der Waals surface area contributed by atoms with Crippen molar-refractivity contribution in [2.24, 2.45) is 0 Å². The summed E-state index contributed by atoms with van der Waals surface area (Å²) in [6.07, 6.45) is 1.70. The van der Waals surface area contributed by atoms with E-state index in [-0.39, 0.29) is 30.2 Å². The number of imide groups is 1. The average molecular weight is 368 g/mol. The van der Waals surface area contributed by atoms with E-state index in [4.69, 9.17) is 4.42 Å². The van der Waals surface area contributed by atoms with Gasteiger partial charge in [0.2, 0.25) is 5.91 Å². The molecule has 1 N–H and O–H groups in total. The summed E-state index contributed by atoms with van der Waals surface area (Å²) in [7, 11) is 0. The van der Waals surface area contributed by atoms with Crippen LogP contribution in [0, 0.1) is 6.92 Å². The quantitative estimate of drug-likeness (QED) is 0.789. The van der Waals surface area contributed by atoms with E-state index in [2.05, 4.69) is 0 Å². The fraction of sp³-hybridized carbons (Fsp3) is 0.350. The van der Waals surface area contributed by atoms with E-state index in [1.807, 2.05) is 31.2 Å². The molecule has 2 saturated heterocycles. The molecule has 4 rings (SSSR count). The van der Waals surface area contributed by atoms with Gasteiger partial charge in [0, 0.05) is 0 Å². The van der Waals surface area contributed by atoms with Crippen LogP contribution in [0.5, 0.6) is 0 Å². The molecular weight excluding hydrogens is 346 g/mol. The fourth-order valence-corrected chi connectivity index (χ4v) is 3.92. The summed E-state index contributed by atoms with van der Waals surface area (Å²) in [6.45, 7) is 4.25. The van der Waals surface area contributed by atoms with Crippen LogP contribution in [0.3, 0.4) is 0 Å². The number of benzene rings is 1. The van der Waals surface area contributed by atoms with Gasteiger partial charge < -0.3 is 14.2 Å². The number of para-hydroxylation sites is 1. The van der Waals surface area contributed by atoms with E-state index in [1.54, 1.807) is 17.0 Å². The Morgan fingerprint density at radius 3 is 2.52 bits per heavy atom. The molecular formula is C20H22N3O4+. The molecule has 7 heteroatoms. The third-order valence-electron chi connectivity index (χ3n) is 5.42. The number of piperazine rings is 1. The molecule has 1 atom stereocenters. The van der Waals surface area contributed by atoms with Crippen LogP contribution in [-0.2, 0) is 9.59 Å². The standard InChI is InChI=1S/C20H21N3O4/c1-14-5-2-3-6-15(14)23-18(24)13-16(19(23)25)21-8-10-22(11-9-21)20(26)17-7-4-12-27-17/h2-7,12,16H,8-11,13H2,1H3/p+1/t16-/m0/s1. The van der Waals surface area contributed by atoms with Gasteiger partial charge in [-0.25, -0.2) is 4.90 Å². The Balaban J connectivity index is 1.43. The van der Waals surface area contributed by atoms with E-state index in [0.717, 1.165) is 10.5 Å². The van der Waals surface area contributed by atoms with Gasteiger partial charge in [0.25, 0.3) is 11.8 Å². The van der Waals surface area contributed by atoms with Gasteiger partial charge >= 0.3 is 0 Å². The summed E-state index contributed by atoms with van der Waals surface area (Å²) >= 11 is 0. The first kappa shape index (κ1) is 17.5. The summed E-state index contributed by atoms with van der Waals surface area (Å²) in [5.41, 5.74) is 1.57. The SMILES string of the molecule is Cc1ccccc1N1C(=O)C[C@H]([NH+]2CCN(C(=O)c3ccco3)CC2)C1=O. The third kappa shape index (κ3) is 3.14. The summed E-state index contributed by atoms with van der Waals surface area (Å²) in [6, 6.07) is 10.4. The Bertz CT molecular complexity index is 869. The van der Waals surface area contributed by atoms with Crippen molar-refractivity contribution in [2.75, 3.05) is 31.1 Å². The van der Waals surface area contributed by atoms with Crippen LogP contribution < -0.4 is 9.80 Å². The van der Waals surface area contributed by atoms with Crippen molar-refractivity contribution < 1.29 is 23.7 Å². The minimum atomic E-state index is -0.377. The molecule has 0 radical (unpaired) electrons. The number of rotatable bonds is 3. The lowest BCUT2D eigenvalue weighted by Gasteiger charge is -2.34. The monoisotopic (exact) mass is 368 g/mol. The van der Waals surface area contributed by atoms with Gasteiger partial charge in [-0.3, -0.25) is 14.4 Å². The molecule has 7 nitrogen and oxygen atoms in total. The zero-order valence-electron chi connectivity index (χ0n) is 15.2. The normalized spacial score (nSPS) is 21.1. The molecule has 1 aromatic carbocycles. The summed E-state index contributed by atoms with van der Waals surface area (Å²) in [5, 5.41) is 0. The van der Waals surface area contributed by atoms with Crippen LogP contribution in [0.15, 0.2) is 47.1 Å². The van der Waals surface area contributed by atoms with E-state index >= 15 is 0 Å². The Morgan fingerprint density at radius 2 is 1.85 bits per heavy atom. The maximum atomic E-state index is 13.0. The van der Waals surface area contributed by atoms with Gasteiger partial charge in [-0.2, -0.15) is 0 Å². The molecule has 0 spiro atoms. The van der Waals surface area contributed by atoms with Crippen LogP contribution in [0.25, 0.3) is 0 Å². The molecule has 3 heterocycles. The number of nitrogens with one attached hydrogen (secondary N) is 1. The highest BCUT2D eigenvalue weighted by atomic mass is 16.3. The van der Waals surface area contributed by atoms with Gasteiger partial charge in [-0.1, -0.05) is 18.2 Å². The molecule has 0 saturated carbocycles. The second kappa shape index (κ2) is 7.00. The highest BCUT2D eigenvalue weighted by Crippen LogP contribution is 2.25. The smallest absolute Gasteiger partial charge is 0.292 e. The molecule has 2 aliphatic heterocycles. The number of furan rings is 1. The molecule has 2 aromatic rings. The van der Waals surface area contributed by atoms with E-state index in [9.17, 15) is 14.4 Å². The molecule has 0 bridgehead atoms. The Labute approximate surface area is 157 Å². The van der Waals surface area contributed by atoms with E-state index in [0.29, 0.717) is 37.6 Å². The number of amides is 3. The predicted octanol–water partition coefficient (Wildman–Crippen LogP) is 0.261. The second-order valence-corrected chi connectivity index (χ2v) is 7.04. The van der Waals surface area contributed by atoms with Crippen LogP contribution in [0.2, 0.25) is 0 Å². The van der Waals surface area contributed by atoms with Crippen LogP contribution >= 0.6 is 0 Å². The predicted molar refractivity (Wildman–Crippen MR) is 97.4 cm³/mol. The number of hydrogen-bond donors (Lipinski definition) is 1. The third-order valence-corrected chi connectivity index (χ3v) is 5.42. The number of aryl methyl sites for hydroxylation is 1. The molecule has 2 aliphatic rings. The zero-order valence-corrected chi connectivity index (χ0v) is 15.2. The van der Waals surface area contributed by atoms with Gasteiger partial charge in [0.1, 0.15) is 0 Å². The number of carbonyl (C=O) groups excluding carboxylic acids is 3. The van der Waals surface area contributed by atoms with Crippen molar-refractivity contribution in [1.82, 2.24) is 4.90 Å². The van der Waals surface area contributed by atoms with Crippen molar-refractivity contribution in [3.63, 3.8) is 0 Å². The first-order chi connectivity index (χ1) is 13.1. The van der Waals surface area contributed by atoms with Gasteiger partial charge in [0.15, 0.2) is 11.8 Å². The minimum absolute atomic E-state index is 0.130. The molecule has 2 fully saturated rings. The van der Waals surface area contributed by atoms with Crippen LogP contribution in [-0.4, -0.2) is 54.8 Å². The fourth-order valence-electron chi connectivity index (χ4n) is 3.92. The average Bonchev–Trinajstić information content (AvgIpc) is 3.31. The highest BCUT2D eigenvalue weighted by molar-refractivity contribution is 6.22. The molecule has 1 aromatic heterocycles. The maximum Gasteiger partial charge on any atom is 0.292 e. The molecule has 27 heavy (non-hydrogen) atoms. The van der Waals surface area contributed by atoms with Crippen molar-refractivity contribution in [1.29, 1.82) is 0 Å². The number of hydrogen-bond acceptors (Lipinski definition) is 4. The lowest BCUT2D eigenvalue weighted by molar-refractivity contribution is -0.918. The summed E-state index contributed by atoms with van der Waals surface area (Å²) < 4.78 is 5.18. The Hall–Kier alpha value is -2.93. The Morgan fingerprint density at radius 1 is 1.11 bits per heavy atom. The van der Waals surface area contributed by atoms with Crippen LogP contribution in [0.4, 0.5) is 5.69 Å². The molecule has 3 amide bonds. The van der Waals surface area contributed by atoms with Crippen LogP contribution in [0.1, 0.15) is 22.5 Å². The summed E-state index contributed by atoms with van der Waals surface area (Å²) in [5.74, 6) is -0.0956. The lowest BCUT2D eigenvalue weighted by Crippen LogP contribution is -3.19.